The molecule has 1 nitrogen and oxygen atoms in total. The van der Waals surface area contributed by atoms with Crippen molar-refractivity contribution in [3.05, 3.63) is 64.1 Å². The summed E-state index contributed by atoms with van der Waals surface area (Å²) >= 11 is 3.48. The average molecular weight is 316 g/mol. The van der Waals surface area contributed by atoms with E-state index in [1.54, 1.807) is 0 Å². The van der Waals surface area contributed by atoms with Gasteiger partial charge in [-0.3, -0.25) is 0 Å². The Hall–Kier alpha value is -1.28. The lowest BCUT2D eigenvalue weighted by atomic mass is 9.81. The fourth-order valence-corrected chi connectivity index (χ4v) is 3.17. The van der Waals surface area contributed by atoms with Crippen molar-refractivity contribution in [3.63, 3.8) is 0 Å². The van der Waals surface area contributed by atoms with Crippen LogP contribution in [0.3, 0.4) is 0 Å². The second-order valence-electron chi connectivity index (χ2n) is 5.31. The Morgan fingerprint density at radius 2 is 1.63 bits per heavy atom. The number of benzene rings is 2. The van der Waals surface area contributed by atoms with Gasteiger partial charge in [-0.25, -0.2) is 0 Å². The van der Waals surface area contributed by atoms with Crippen molar-refractivity contribution in [2.75, 3.05) is 5.32 Å². The van der Waals surface area contributed by atoms with E-state index in [0.29, 0.717) is 12.0 Å². The molecule has 0 fully saturated rings. The molecule has 0 heterocycles. The Kier molecular flexibility index (Phi) is 3.61. The summed E-state index contributed by atoms with van der Waals surface area (Å²) < 4.78 is 1.12. The third kappa shape index (κ3) is 2.69. The molecule has 1 aliphatic carbocycles. The van der Waals surface area contributed by atoms with E-state index < -0.39 is 0 Å². The third-order valence-electron chi connectivity index (χ3n) is 3.98. The van der Waals surface area contributed by atoms with Gasteiger partial charge in [-0.15, -0.1) is 0 Å². The number of fused-ring (bicyclic) bond motifs is 1. The van der Waals surface area contributed by atoms with Crippen LogP contribution in [0, 0.1) is 0 Å². The lowest BCUT2D eigenvalue weighted by Crippen LogP contribution is -2.19. The molecule has 0 aromatic heterocycles. The molecule has 0 amide bonds. The number of halogens is 1. The highest BCUT2D eigenvalue weighted by Crippen LogP contribution is 2.38. The van der Waals surface area contributed by atoms with Gasteiger partial charge in [0.05, 0.1) is 6.04 Å². The van der Waals surface area contributed by atoms with Crippen molar-refractivity contribution in [2.24, 2.45) is 0 Å². The van der Waals surface area contributed by atoms with E-state index in [1.807, 2.05) is 0 Å². The first kappa shape index (κ1) is 12.7. The van der Waals surface area contributed by atoms with Crippen LogP contribution in [0.15, 0.2) is 53.0 Å². The monoisotopic (exact) mass is 315 g/mol. The van der Waals surface area contributed by atoms with Crippen molar-refractivity contribution < 1.29 is 0 Å². The smallest absolute Gasteiger partial charge is 0.0516 e. The summed E-state index contributed by atoms with van der Waals surface area (Å²) in [4.78, 5) is 0. The number of nitrogens with one attached hydrogen (secondary N) is 1. The second-order valence-corrected chi connectivity index (χ2v) is 6.23. The number of hydrogen-bond donors (Lipinski definition) is 1. The topological polar surface area (TPSA) is 12.0 Å². The summed E-state index contributed by atoms with van der Waals surface area (Å²) in [5.74, 6) is 0.680. The minimum absolute atomic E-state index is 0.438. The molecule has 2 unspecified atom stereocenters. The number of hydrogen-bond acceptors (Lipinski definition) is 1. The summed E-state index contributed by atoms with van der Waals surface area (Å²) in [6, 6.07) is 17.7. The Balaban J connectivity index is 1.86. The van der Waals surface area contributed by atoms with Crippen molar-refractivity contribution in [3.8, 4) is 0 Å². The van der Waals surface area contributed by atoms with Gasteiger partial charge in [0.1, 0.15) is 0 Å². The van der Waals surface area contributed by atoms with Crippen LogP contribution >= 0.6 is 15.9 Å². The molecule has 0 saturated carbocycles. The summed E-state index contributed by atoms with van der Waals surface area (Å²) in [6.07, 6.45) is 2.46. The predicted octanol–water partition coefficient (Wildman–Crippen LogP) is 5.50. The highest BCUT2D eigenvalue weighted by Gasteiger charge is 2.23. The molecule has 3 rings (SSSR count). The van der Waals surface area contributed by atoms with E-state index in [9.17, 15) is 0 Å². The Morgan fingerprint density at radius 1 is 0.947 bits per heavy atom. The van der Waals surface area contributed by atoms with Crippen LogP contribution in [-0.4, -0.2) is 0 Å². The fourth-order valence-electron chi connectivity index (χ4n) is 2.90. The molecule has 0 aliphatic heterocycles. The number of anilines is 1. The molecule has 0 radical (unpaired) electrons. The first-order chi connectivity index (χ1) is 9.24. The minimum Gasteiger partial charge on any atom is -0.378 e. The van der Waals surface area contributed by atoms with E-state index in [2.05, 4.69) is 76.7 Å². The van der Waals surface area contributed by atoms with Gasteiger partial charge in [-0.05, 0) is 54.2 Å². The van der Waals surface area contributed by atoms with Gasteiger partial charge in [-0.1, -0.05) is 47.1 Å². The Labute approximate surface area is 123 Å². The molecule has 19 heavy (non-hydrogen) atoms. The van der Waals surface area contributed by atoms with Crippen LogP contribution in [0.4, 0.5) is 5.69 Å². The van der Waals surface area contributed by atoms with Gasteiger partial charge in [0.25, 0.3) is 0 Å². The molecule has 2 aromatic carbocycles. The number of rotatable bonds is 2. The third-order valence-corrected chi connectivity index (χ3v) is 4.50. The van der Waals surface area contributed by atoms with Gasteiger partial charge < -0.3 is 5.32 Å². The van der Waals surface area contributed by atoms with Gasteiger partial charge in [-0.2, -0.15) is 0 Å². The maximum absolute atomic E-state index is 3.66. The highest BCUT2D eigenvalue weighted by molar-refractivity contribution is 9.10. The van der Waals surface area contributed by atoms with Gasteiger partial charge in [0.15, 0.2) is 0 Å². The molecule has 2 aromatic rings. The van der Waals surface area contributed by atoms with Crippen LogP contribution in [0.1, 0.15) is 42.9 Å². The van der Waals surface area contributed by atoms with Crippen LogP contribution in [0.5, 0.6) is 0 Å². The zero-order valence-corrected chi connectivity index (χ0v) is 12.7. The molecule has 0 bridgehead atoms. The lowest BCUT2D eigenvalue weighted by molar-refractivity contribution is 0.534. The van der Waals surface area contributed by atoms with Gasteiger partial charge >= 0.3 is 0 Å². The van der Waals surface area contributed by atoms with Gasteiger partial charge in [0, 0.05) is 10.2 Å². The van der Waals surface area contributed by atoms with E-state index in [0.717, 1.165) is 4.47 Å². The molecular weight excluding hydrogens is 298 g/mol. The minimum atomic E-state index is 0.438. The highest BCUT2D eigenvalue weighted by atomic mass is 79.9. The Bertz CT molecular complexity index is 562. The summed E-state index contributed by atoms with van der Waals surface area (Å²) in [6.45, 7) is 2.33. The average Bonchev–Trinajstić information content (AvgIpc) is 2.45. The first-order valence-electron chi connectivity index (χ1n) is 6.85. The van der Waals surface area contributed by atoms with Crippen molar-refractivity contribution in [2.45, 2.75) is 31.7 Å². The summed E-state index contributed by atoms with van der Waals surface area (Å²) in [5, 5.41) is 3.66. The van der Waals surface area contributed by atoms with E-state index >= 15 is 0 Å². The van der Waals surface area contributed by atoms with Crippen molar-refractivity contribution >= 4 is 21.6 Å². The van der Waals surface area contributed by atoms with Gasteiger partial charge in [0.2, 0.25) is 0 Å². The zero-order valence-electron chi connectivity index (χ0n) is 11.1. The van der Waals surface area contributed by atoms with Crippen LogP contribution < -0.4 is 5.32 Å². The SMILES string of the molecule is CC1CCC(Nc2ccc(Br)cc2)c2ccccc21. The molecule has 0 spiro atoms. The quantitative estimate of drug-likeness (QED) is 0.771. The van der Waals surface area contributed by atoms with Crippen LogP contribution in [0.2, 0.25) is 0 Å². The van der Waals surface area contributed by atoms with Crippen molar-refractivity contribution in [1.82, 2.24) is 0 Å². The maximum atomic E-state index is 3.66. The fraction of sp³-hybridized carbons (Fsp3) is 0.294. The normalized spacial score (nSPS) is 21.8. The van der Waals surface area contributed by atoms with E-state index in [4.69, 9.17) is 0 Å². The predicted molar refractivity (Wildman–Crippen MR) is 84.6 cm³/mol. The Morgan fingerprint density at radius 3 is 2.37 bits per heavy atom. The standard InChI is InChI=1S/C17H18BrN/c1-12-6-11-17(16-5-3-2-4-15(12)16)19-14-9-7-13(18)8-10-14/h2-5,7-10,12,17,19H,6,11H2,1H3. The summed E-state index contributed by atoms with van der Waals surface area (Å²) in [7, 11) is 0. The van der Waals surface area contributed by atoms with Crippen molar-refractivity contribution in [1.29, 1.82) is 0 Å². The molecule has 2 heteroatoms. The zero-order chi connectivity index (χ0) is 13.2. The maximum Gasteiger partial charge on any atom is 0.0516 e. The molecule has 1 N–H and O–H groups in total. The van der Waals surface area contributed by atoms with Crippen LogP contribution in [-0.2, 0) is 0 Å². The lowest BCUT2D eigenvalue weighted by Gasteiger charge is -2.31. The molecule has 0 saturated heterocycles. The van der Waals surface area contributed by atoms with E-state index in [1.165, 1.54) is 29.7 Å². The molecule has 1 aliphatic rings. The first-order valence-corrected chi connectivity index (χ1v) is 7.64. The molecular formula is C17H18BrN. The van der Waals surface area contributed by atoms with E-state index in [-0.39, 0.29) is 0 Å². The second kappa shape index (κ2) is 5.38. The molecule has 2 atom stereocenters. The summed E-state index contributed by atoms with van der Waals surface area (Å²) in [5.41, 5.74) is 4.16. The van der Waals surface area contributed by atoms with Crippen LogP contribution in [0.25, 0.3) is 0 Å². The largest absolute Gasteiger partial charge is 0.378 e. The molecule has 98 valence electrons.